The Morgan fingerprint density at radius 3 is 2.50 bits per heavy atom. The first-order valence-electron chi connectivity index (χ1n) is 9.84. The van der Waals surface area contributed by atoms with Gasteiger partial charge in [-0.3, -0.25) is 19.3 Å². The molecule has 1 aromatic heterocycles. The minimum atomic E-state index is -4.83. The number of carboxylic acid groups (broad SMARTS) is 1. The second kappa shape index (κ2) is 9.70. The zero-order valence-corrected chi connectivity index (χ0v) is 17.9. The van der Waals surface area contributed by atoms with Gasteiger partial charge in [0.1, 0.15) is 10.8 Å². The van der Waals surface area contributed by atoms with Gasteiger partial charge in [-0.1, -0.05) is 6.92 Å². The van der Waals surface area contributed by atoms with E-state index < -0.39 is 29.8 Å². The van der Waals surface area contributed by atoms with Gasteiger partial charge in [0.2, 0.25) is 5.91 Å². The van der Waals surface area contributed by atoms with Gasteiger partial charge in [-0.25, -0.2) is 0 Å². The summed E-state index contributed by atoms with van der Waals surface area (Å²) in [5.41, 5.74) is 0.397. The average molecular weight is 470 g/mol. The highest BCUT2D eigenvalue weighted by atomic mass is 32.1. The van der Waals surface area contributed by atoms with Crippen LogP contribution in [0.25, 0.3) is 0 Å². The van der Waals surface area contributed by atoms with Crippen molar-refractivity contribution in [2.24, 2.45) is 5.92 Å². The van der Waals surface area contributed by atoms with Gasteiger partial charge in [0.15, 0.2) is 5.78 Å². The highest BCUT2D eigenvalue weighted by Gasteiger charge is 2.31. The third-order valence-electron chi connectivity index (χ3n) is 4.97. The van der Waals surface area contributed by atoms with Crippen molar-refractivity contribution in [1.82, 2.24) is 4.90 Å². The topological polar surface area (TPSA) is 95.9 Å². The zero-order chi connectivity index (χ0) is 23.5. The van der Waals surface area contributed by atoms with Crippen LogP contribution in [0.4, 0.5) is 18.2 Å². The first-order valence-corrected chi connectivity index (χ1v) is 10.7. The molecule has 0 saturated carbocycles. The van der Waals surface area contributed by atoms with Crippen molar-refractivity contribution in [3.05, 3.63) is 46.3 Å². The molecule has 1 aliphatic heterocycles. The van der Waals surface area contributed by atoms with Crippen LogP contribution in [0.5, 0.6) is 5.75 Å². The molecule has 1 saturated heterocycles. The van der Waals surface area contributed by atoms with E-state index in [-0.39, 0.29) is 30.1 Å². The van der Waals surface area contributed by atoms with Crippen LogP contribution >= 0.6 is 11.3 Å². The van der Waals surface area contributed by atoms with E-state index in [9.17, 15) is 27.6 Å². The van der Waals surface area contributed by atoms with Crippen molar-refractivity contribution in [2.75, 3.05) is 25.0 Å². The number of likely N-dealkylation sites (tertiary alicyclic amines) is 1. The van der Waals surface area contributed by atoms with E-state index in [0.29, 0.717) is 24.4 Å². The van der Waals surface area contributed by atoms with Crippen LogP contribution < -0.4 is 10.1 Å². The maximum atomic E-state index is 13.0. The molecule has 1 amide bonds. The molecule has 1 fully saturated rings. The third-order valence-corrected chi connectivity index (χ3v) is 6.16. The summed E-state index contributed by atoms with van der Waals surface area (Å²) in [7, 11) is 0. The number of nitrogens with zero attached hydrogens (tertiary/aromatic N) is 1. The predicted octanol–water partition coefficient (Wildman–Crippen LogP) is 3.79. The van der Waals surface area contributed by atoms with Crippen molar-refractivity contribution >= 4 is 34.0 Å². The van der Waals surface area contributed by atoms with E-state index in [2.05, 4.69) is 10.1 Å². The molecule has 11 heteroatoms. The number of hydrogen-bond acceptors (Lipinski definition) is 6. The van der Waals surface area contributed by atoms with Gasteiger partial charge in [0.25, 0.3) is 0 Å². The molecule has 2 N–H and O–H groups in total. The Labute approximate surface area is 185 Å². The fourth-order valence-electron chi connectivity index (χ4n) is 3.39. The quantitative estimate of drug-likeness (QED) is 0.570. The number of carbonyl (C=O) groups is 3. The summed E-state index contributed by atoms with van der Waals surface area (Å²) in [5.74, 6) is -2.64. The number of carbonyl (C=O) groups excluding carboxylic acids is 2. The standard InChI is InChI=1S/C21H21F3N2O5S/c1-2-15-9-16(18(28)12-3-5-14(6-4-12)31-21(22,23)24)19(32-15)25-17(27)11-26-8-7-13(10-26)20(29)30/h3-6,9,13H,2,7-8,10-11H2,1H3,(H,25,27)(H,29,30). The van der Waals surface area contributed by atoms with Gasteiger partial charge in [-0.2, -0.15) is 0 Å². The molecule has 0 aliphatic carbocycles. The van der Waals surface area contributed by atoms with E-state index in [4.69, 9.17) is 5.11 Å². The molecule has 1 aliphatic rings. The van der Waals surface area contributed by atoms with Crippen molar-refractivity contribution < 1.29 is 37.4 Å². The number of aryl methyl sites for hydroxylation is 1. The number of alkyl halides is 3. The lowest BCUT2D eigenvalue weighted by atomic mass is 10.0. The molecule has 0 radical (unpaired) electrons. The van der Waals surface area contributed by atoms with Gasteiger partial charge >= 0.3 is 12.3 Å². The summed E-state index contributed by atoms with van der Waals surface area (Å²) in [5, 5.41) is 12.2. The number of ether oxygens (including phenoxy) is 1. The lowest BCUT2D eigenvalue weighted by Crippen LogP contribution is -2.32. The highest BCUT2D eigenvalue weighted by molar-refractivity contribution is 7.16. The van der Waals surface area contributed by atoms with Crippen LogP contribution in [0.2, 0.25) is 0 Å². The second-order valence-electron chi connectivity index (χ2n) is 7.32. The van der Waals surface area contributed by atoms with E-state index >= 15 is 0 Å². The Bertz CT molecular complexity index is 1000. The molecular weight excluding hydrogens is 449 g/mol. The average Bonchev–Trinajstić information content (AvgIpc) is 3.34. The van der Waals surface area contributed by atoms with Crippen LogP contribution in [0.3, 0.4) is 0 Å². The number of anilines is 1. The van der Waals surface area contributed by atoms with Crippen LogP contribution in [-0.4, -0.2) is 53.7 Å². The van der Waals surface area contributed by atoms with Gasteiger partial charge in [-0.05, 0) is 49.7 Å². The summed E-state index contributed by atoms with van der Waals surface area (Å²) in [6.07, 6.45) is -3.73. The Kier molecular flexibility index (Phi) is 7.19. The highest BCUT2D eigenvalue weighted by Crippen LogP contribution is 2.31. The maximum Gasteiger partial charge on any atom is 0.573 e. The molecule has 1 atom stereocenters. The molecule has 172 valence electrons. The van der Waals surface area contributed by atoms with Crippen LogP contribution in [-0.2, 0) is 16.0 Å². The monoisotopic (exact) mass is 470 g/mol. The SMILES string of the molecule is CCc1cc(C(=O)c2ccc(OC(F)(F)F)cc2)c(NC(=O)CN2CCC(C(=O)O)C2)s1. The number of benzene rings is 1. The minimum Gasteiger partial charge on any atom is -0.481 e. The fourth-order valence-corrected chi connectivity index (χ4v) is 4.40. The first-order chi connectivity index (χ1) is 15.1. The lowest BCUT2D eigenvalue weighted by molar-refractivity contribution is -0.274. The zero-order valence-electron chi connectivity index (χ0n) is 17.1. The minimum absolute atomic E-state index is 0.000245. The molecule has 2 heterocycles. The number of ketones is 1. The first kappa shape index (κ1) is 23.7. The van der Waals surface area contributed by atoms with Crippen molar-refractivity contribution in [2.45, 2.75) is 26.1 Å². The number of carboxylic acids is 1. The predicted molar refractivity (Wildman–Crippen MR) is 111 cm³/mol. The van der Waals surface area contributed by atoms with Gasteiger partial charge in [-0.15, -0.1) is 24.5 Å². The number of thiophene rings is 1. The number of halogens is 3. The number of hydrogen-bond donors (Lipinski definition) is 2. The summed E-state index contributed by atoms with van der Waals surface area (Å²) < 4.78 is 40.8. The Morgan fingerprint density at radius 1 is 1.25 bits per heavy atom. The molecule has 1 unspecified atom stereocenters. The van der Waals surface area contributed by atoms with E-state index in [1.807, 2.05) is 6.92 Å². The van der Waals surface area contributed by atoms with Crippen molar-refractivity contribution in [3.63, 3.8) is 0 Å². The fraction of sp³-hybridized carbons (Fsp3) is 0.381. The third kappa shape index (κ3) is 6.07. The van der Waals surface area contributed by atoms with E-state index in [1.165, 1.54) is 23.5 Å². The van der Waals surface area contributed by atoms with Crippen molar-refractivity contribution in [3.8, 4) is 5.75 Å². The number of rotatable bonds is 8. The molecular formula is C21H21F3N2O5S. The second-order valence-corrected chi connectivity index (χ2v) is 8.45. The summed E-state index contributed by atoms with van der Waals surface area (Å²) in [6.45, 7) is 2.67. The van der Waals surface area contributed by atoms with Gasteiger partial charge < -0.3 is 15.2 Å². The van der Waals surface area contributed by atoms with Crippen molar-refractivity contribution in [1.29, 1.82) is 0 Å². The molecule has 7 nitrogen and oxygen atoms in total. The molecule has 32 heavy (non-hydrogen) atoms. The Morgan fingerprint density at radius 2 is 1.94 bits per heavy atom. The van der Waals surface area contributed by atoms with Gasteiger partial charge in [0, 0.05) is 17.0 Å². The lowest BCUT2D eigenvalue weighted by Gasteiger charge is -2.14. The smallest absolute Gasteiger partial charge is 0.481 e. The molecule has 3 rings (SSSR count). The molecule has 0 spiro atoms. The molecule has 0 bridgehead atoms. The molecule has 2 aromatic rings. The van der Waals surface area contributed by atoms with Crippen LogP contribution in [0.1, 0.15) is 34.1 Å². The van der Waals surface area contributed by atoms with Crippen LogP contribution in [0, 0.1) is 5.92 Å². The Hall–Kier alpha value is -2.92. The summed E-state index contributed by atoms with van der Waals surface area (Å²) in [4.78, 5) is 39.1. The normalized spacial score (nSPS) is 16.7. The van der Waals surface area contributed by atoms with Gasteiger partial charge in [0.05, 0.1) is 18.0 Å². The summed E-state index contributed by atoms with van der Waals surface area (Å²) in [6, 6.07) is 6.22. The number of nitrogens with one attached hydrogen (secondary N) is 1. The molecule has 1 aromatic carbocycles. The number of aliphatic carboxylic acids is 1. The Balaban J connectivity index is 1.71. The largest absolute Gasteiger partial charge is 0.573 e. The number of amides is 1. The van der Waals surface area contributed by atoms with E-state index in [0.717, 1.165) is 17.0 Å². The van der Waals surface area contributed by atoms with E-state index in [1.54, 1.807) is 11.0 Å². The van der Waals surface area contributed by atoms with Crippen LogP contribution in [0.15, 0.2) is 30.3 Å². The summed E-state index contributed by atoms with van der Waals surface area (Å²) >= 11 is 1.25. The maximum absolute atomic E-state index is 13.0.